The van der Waals surface area contributed by atoms with Crippen LogP contribution in [0.4, 0.5) is 0 Å². The van der Waals surface area contributed by atoms with Gasteiger partial charge >= 0.3 is 11.9 Å². The molecule has 2 N–H and O–H groups in total. The number of carbonyl (C=O) groups is 2. The smallest absolute Gasteiger partial charge is 0.312 e. The molecule has 4 saturated carbocycles. The van der Waals surface area contributed by atoms with Crippen molar-refractivity contribution in [2.24, 2.45) is 22.7 Å². The summed E-state index contributed by atoms with van der Waals surface area (Å²) in [5, 5.41) is 19.1. The lowest BCUT2D eigenvalue weighted by Gasteiger charge is -2.59. The van der Waals surface area contributed by atoms with Gasteiger partial charge in [0.15, 0.2) is 0 Å². The molecule has 4 rings (SSSR count). The fraction of sp³-hybridized carbons (Fsp3) is 0.909. The van der Waals surface area contributed by atoms with Crippen molar-refractivity contribution >= 4 is 11.9 Å². The van der Waals surface area contributed by atoms with Crippen LogP contribution in [0.3, 0.4) is 0 Å². The Morgan fingerprint density at radius 1 is 0.963 bits per heavy atom. The van der Waals surface area contributed by atoms with Crippen LogP contribution in [0.15, 0.2) is 0 Å². The van der Waals surface area contributed by atoms with E-state index in [2.05, 4.69) is 0 Å². The number of rotatable bonds is 5. The van der Waals surface area contributed by atoms with Gasteiger partial charge in [-0.3, -0.25) is 9.59 Å². The van der Waals surface area contributed by atoms with E-state index in [1.165, 1.54) is 6.42 Å². The molecule has 4 aliphatic rings. The molecular weight excluding hydrogens is 344 g/mol. The number of esters is 1. The molecule has 0 heterocycles. The number of carboxylic acids is 1. The molecule has 5 nitrogen and oxygen atoms in total. The van der Waals surface area contributed by atoms with Gasteiger partial charge < -0.3 is 14.9 Å². The molecule has 0 spiro atoms. The number of aliphatic carboxylic acids is 1. The van der Waals surface area contributed by atoms with E-state index in [0.717, 1.165) is 32.1 Å². The third-order valence-electron chi connectivity index (χ3n) is 7.19. The van der Waals surface area contributed by atoms with E-state index >= 15 is 0 Å². The second-order valence-corrected chi connectivity index (χ2v) is 10.5. The normalized spacial score (nSPS) is 34.6. The van der Waals surface area contributed by atoms with Gasteiger partial charge in [-0.2, -0.15) is 0 Å². The maximum absolute atomic E-state index is 12.4. The molecule has 5 heteroatoms. The number of aliphatic hydroxyl groups is 1. The van der Waals surface area contributed by atoms with E-state index in [9.17, 15) is 14.7 Å². The average Bonchev–Trinajstić information content (AvgIpc) is 2.52. The predicted molar refractivity (Wildman–Crippen MR) is 104 cm³/mol. The highest BCUT2D eigenvalue weighted by Gasteiger charge is 2.59. The fourth-order valence-corrected chi connectivity index (χ4v) is 4.88. The van der Waals surface area contributed by atoms with Crippen molar-refractivity contribution < 1.29 is 24.5 Å². The monoisotopic (exact) mass is 382 g/mol. The number of carbonyl (C=O) groups excluding carboxylic acids is 1. The second kappa shape index (κ2) is 7.38. The summed E-state index contributed by atoms with van der Waals surface area (Å²) < 4.78 is 5.97. The zero-order valence-electron chi connectivity index (χ0n) is 17.9. The van der Waals surface area contributed by atoms with Crippen LogP contribution in [0.2, 0.25) is 0 Å². The number of ether oxygens (including phenoxy) is 1. The van der Waals surface area contributed by atoms with Crippen LogP contribution in [0.1, 0.15) is 92.9 Å². The minimum atomic E-state index is -0.722. The van der Waals surface area contributed by atoms with Crippen LogP contribution in [-0.4, -0.2) is 33.4 Å². The largest absolute Gasteiger partial charge is 0.481 e. The summed E-state index contributed by atoms with van der Waals surface area (Å²) >= 11 is 0. The van der Waals surface area contributed by atoms with Crippen LogP contribution in [0.5, 0.6) is 0 Å². The molecule has 0 amide bonds. The van der Waals surface area contributed by atoms with Gasteiger partial charge in [-0.05, 0) is 84.5 Å². The van der Waals surface area contributed by atoms with Gasteiger partial charge in [0.1, 0.15) is 5.60 Å². The number of carboxylic acid groups (broad SMARTS) is 1. The molecule has 27 heavy (non-hydrogen) atoms. The Morgan fingerprint density at radius 2 is 1.44 bits per heavy atom. The Hall–Kier alpha value is -1.10. The van der Waals surface area contributed by atoms with Crippen molar-refractivity contribution in [3.63, 3.8) is 0 Å². The first-order chi connectivity index (χ1) is 12.3. The van der Waals surface area contributed by atoms with Crippen molar-refractivity contribution in [1.82, 2.24) is 0 Å². The van der Waals surface area contributed by atoms with Gasteiger partial charge in [-0.25, -0.2) is 0 Å². The van der Waals surface area contributed by atoms with Crippen LogP contribution in [-0.2, 0) is 14.3 Å². The lowest BCUT2D eigenvalue weighted by atomic mass is 9.52. The zero-order chi connectivity index (χ0) is 20.7. The lowest BCUT2D eigenvalue weighted by molar-refractivity contribution is -0.225. The Kier molecular flexibility index (Phi) is 6.07. The first kappa shape index (κ1) is 22.2. The minimum Gasteiger partial charge on any atom is -0.481 e. The number of hydrogen-bond donors (Lipinski definition) is 2. The van der Waals surface area contributed by atoms with Crippen molar-refractivity contribution in [3.05, 3.63) is 0 Å². The molecule has 4 bridgehead atoms. The van der Waals surface area contributed by atoms with Crippen molar-refractivity contribution in [2.75, 3.05) is 0 Å². The molecule has 0 radical (unpaired) electrons. The second-order valence-electron chi connectivity index (χ2n) is 10.5. The first-order valence-electron chi connectivity index (χ1n) is 10.5. The van der Waals surface area contributed by atoms with Crippen LogP contribution < -0.4 is 0 Å². The first-order valence-corrected chi connectivity index (χ1v) is 10.5. The van der Waals surface area contributed by atoms with E-state index in [4.69, 9.17) is 9.84 Å². The Bertz CT molecular complexity index is 563. The summed E-state index contributed by atoms with van der Waals surface area (Å²) in [4.78, 5) is 22.6. The topological polar surface area (TPSA) is 83.8 Å². The highest BCUT2D eigenvalue weighted by Crippen LogP contribution is 2.59. The van der Waals surface area contributed by atoms with Crippen LogP contribution >= 0.6 is 0 Å². The molecule has 2 unspecified atom stereocenters. The van der Waals surface area contributed by atoms with E-state index < -0.39 is 22.4 Å². The van der Waals surface area contributed by atoms with Gasteiger partial charge in [-0.1, -0.05) is 13.8 Å². The molecule has 0 aromatic heterocycles. The summed E-state index contributed by atoms with van der Waals surface area (Å²) in [7, 11) is 0. The fourth-order valence-electron chi connectivity index (χ4n) is 4.88. The summed E-state index contributed by atoms with van der Waals surface area (Å²) in [5.74, 6) is 0.313. The maximum Gasteiger partial charge on any atom is 0.312 e. The predicted octanol–water partition coefficient (Wildman–Crippen LogP) is 4.56. The van der Waals surface area contributed by atoms with Gasteiger partial charge in [0.2, 0.25) is 0 Å². The highest BCUT2D eigenvalue weighted by molar-refractivity contribution is 5.76. The quantitative estimate of drug-likeness (QED) is 0.681. The van der Waals surface area contributed by atoms with E-state index in [1.54, 1.807) is 13.8 Å². The molecule has 4 fully saturated rings. The van der Waals surface area contributed by atoms with Crippen molar-refractivity contribution in [2.45, 2.75) is 104 Å². The van der Waals surface area contributed by atoms with Crippen LogP contribution in [0.25, 0.3) is 0 Å². The lowest BCUT2D eigenvalue weighted by Crippen LogP contribution is -2.61. The standard InChI is InChI=1S/C16H26O3.C6H12O2/c1-4-14(2,3)13(17)19-16-8-11-5-12(9-16)7-15(18,6-11)10-16;1-4-6(2,3)5(7)8/h11-12,18H,4-10H2,1-3H3;4H2,1-3H3,(H,7,8). The maximum atomic E-state index is 12.4. The average molecular weight is 383 g/mol. The molecule has 2 atom stereocenters. The summed E-state index contributed by atoms with van der Waals surface area (Å²) in [6.45, 7) is 11.2. The van der Waals surface area contributed by atoms with E-state index in [-0.39, 0.29) is 11.6 Å². The van der Waals surface area contributed by atoms with Gasteiger partial charge in [0, 0.05) is 6.42 Å². The molecule has 4 aliphatic carbocycles. The summed E-state index contributed by atoms with van der Waals surface area (Å²) in [5.41, 5.74) is -1.87. The molecule has 156 valence electrons. The molecule has 0 aromatic carbocycles. The van der Waals surface area contributed by atoms with E-state index in [1.807, 2.05) is 27.7 Å². The van der Waals surface area contributed by atoms with E-state index in [0.29, 0.717) is 24.7 Å². The highest BCUT2D eigenvalue weighted by atomic mass is 16.6. The van der Waals surface area contributed by atoms with Crippen molar-refractivity contribution in [1.29, 1.82) is 0 Å². The Balaban J connectivity index is 0.000000279. The van der Waals surface area contributed by atoms with Crippen molar-refractivity contribution in [3.8, 4) is 0 Å². The van der Waals surface area contributed by atoms with Gasteiger partial charge in [0.25, 0.3) is 0 Å². The third-order valence-corrected chi connectivity index (χ3v) is 7.19. The summed E-state index contributed by atoms with van der Waals surface area (Å²) in [6.07, 6.45) is 7.13. The van der Waals surface area contributed by atoms with Gasteiger partial charge in [0.05, 0.1) is 16.4 Å². The molecule has 0 aromatic rings. The molecule has 0 saturated heterocycles. The molecule has 0 aliphatic heterocycles. The Labute approximate surface area is 163 Å². The molecular formula is C22H38O5. The zero-order valence-corrected chi connectivity index (χ0v) is 17.9. The Morgan fingerprint density at radius 3 is 1.78 bits per heavy atom. The third kappa shape index (κ3) is 4.85. The van der Waals surface area contributed by atoms with Crippen LogP contribution in [0, 0.1) is 22.7 Å². The van der Waals surface area contributed by atoms with Gasteiger partial charge in [-0.15, -0.1) is 0 Å². The SMILES string of the molecule is CCC(C)(C)C(=O)O.CCC(C)(C)C(=O)OC12CC3CC(CC(O)(C3)C1)C2. The minimum absolute atomic E-state index is 0.0828. The number of hydrogen-bond acceptors (Lipinski definition) is 4. The summed E-state index contributed by atoms with van der Waals surface area (Å²) in [6, 6.07) is 0.